The van der Waals surface area contributed by atoms with Gasteiger partial charge in [0, 0.05) is 24.2 Å². The molecule has 0 saturated heterocycles. The molecule has 1 aromatic carbocycles. The van der Waals surface area contributed by atoms with Crippen LogP contribution >= 0.6 is 11.6 Å². The summed E-state index contributed by atoms with van der Waals surface area (Å²) in [7, 11) is 1.77. The Morgan fingerprint density at radius 1 is 1.33 bits per heavy atom. The number of hydrogen-bond donors (Lipinski definition) is 0. The van der Waals surface area contributed by atoms with Crippen molar-refractivity contribution in [3.63, 3.8) is 0 Å². The molecule has 6 heteroatoms. The zero-order valence-electron chi connectivity index (χ0n) is 15.4. The summed E-state index contributed by atoms with van der Waals surface area (Å²) >= 11 is 6.20. The van der Waals surface area contributed by atoms with Gasteiger partial charge in [-0.25, -0.2) is 0 Å². The van der Waals surface area contributed by atoms with E-state index >= 15 is 0 Å². The van der Waals surface area contributed by atoms with Crippen LogP contribution in [0.15, 0.2) is 53.2 Å². The van der Waals surface area contributed by atoms with Crippen LogP contribution in [0.4, 0.5) is 0 Å². The summed E-state index contributed by atoms with van der Waals surface area (Å²) in [6, 6.07) is 11.6. The van der Waals surface area contributed by atoms with E-state index in [1.165, 1.54) is 6.42 Å². The minimum Gasteiger partial charge on any atom is -0.464 e. The third kappa shape index (κ3) is 3.93. The first kappa shape index (κ1) is 17.9. The smallest absolute Gasteiger partial charge is 0.257 e. The highest BCUT2D eigenvalue weighted by Crippen LogP contribution is 2.47. The number of aromatic nitrogens is 2. The standard InChI is InChI=1S/C21H22ClN3O2/c1-14-9-18(14)20-8-7-17(27-20)13-24(2)21(26)16-10-23-25(12-16)11-15-5-3-4-6-19(15)22/h3-8,10,12,14,18H,9,11,13H2,1-2H3/t14-,18+/m0/s1. The molecular weight excluding hydrogens is 362 g/mol. The van der Waals surface area contributed by atoms with Crippen molar-refractivity contribution < 1.29 is 9.21 Å². The maximum Gasteiger partial charge on any atom is 0.257 e. The lowest BCUT2D eigenvalue weighted by molar-refractivity contribution is 0.0774. The van der Waals surface area contributed by atoms with Crippen LogP contribution < -0.4 is 0 Å². The number of halogens is 1. The van der Waals surface area contributed by atoms with Gasteiger partial charge in [0.1, 0.15) is 11.5 Å². The second kappa shape index (κ2) is 7.24. The Hall–Kier alpha value is -2.53. The van der Waals surface area contributed by atoms with Crippen molar-refractivity contribution in [3.05, 3.63) is 76.5 Å². The lowest BCUT2D eigenvalue weighted by atomic mass is 10.2. The van der Waals surface area contributed by atoms with Crippen molar-refractivity contribution in [2.45, 2.75) is 32.4 Å². The summed E-state index contributed by atoms with van der Waals surface area (Å²) in [4.78, 5) is 14.3. The Morgan fingerprint density at radius 2 is 2.11 bits per heavy atom. The van der Waals surface area contributed by atoms with Gasteiger partial charge in [-0.1, -0.05) is 36.7 Å². The van der Waals surface area contributed by atoms with E-state index in [4.69, 9.17) is 16.0 Å². The zero-order valence-corrected chi connectivity index (χ0v) is 16.2. The fourth-order valence-corrected chi connectivity index (χ4v) is 3.48. The number of hydrogen-bond acceptors (Lipinski definition) is 3. The molecule has 1 amide bonds. The first-order chi connectivity index (χ1) is 13.0. The lowest BCUT2D eigenvalue weighted by Gasteiger charge is -2.14. The number of rotatable bonds is 6. The number of furan rings is 1. The highest BCUT2D eigenvalue weighted by Gasteiger charge is 2.36. The molecule has 2 heterocycles. The Balaban J connectivity index is 1.39. The van der Waals surface area contributed by atoms with Crippen LogP contribution in [-0.4, -0.2) is 27.6 Å². The van der Waals surface area contributed by atoms with Gasteiger partial charge >= 0.3 is 0 Å². The summed E-state index contributed by atoms with van der Waals surface area (Å²) in [5.74, 6) is 3.00. The topological polar surface area (TPSA) is 51.3 Å². The molecule has 0 bridgehead atoms. The molecule has 140 valence electrons. The van der Waals surface area contributed by atoms with E-state index in [0.29, 0.717) is 35.5 Å². The quantitative estimate of drug-likeness (QED) is 0.626. The van der Waals surface area contributed by atoms with Gasteiger partial charge in [0.2, 0.25) is 0 Å². The van der Waals surface area contributed by atoms with E-state index in [1.54, 1.807) is 29.0 Å². The normalized spacial score (nSPS) is 18.5. The van der Waals surface area contributed by atoms with Gasteiger partial charge in [-0.05, 0) is 36.1 Å². The van der Waals surface area contributed by atoms with E-state index in [2.05, 4.69) is 12.0 Å². The SMILES string of the molecule is C[C@H]1C[C@H]1c1ccc(CN(C)C(=O)c2cnn(Cc3ccccc3Cl)c2)o1. The molecule has 2 aromatic heterocycles. The third-order valence-corrected chi connectivity index (χ3v) is 5.44. The monoisotopic (exact) mass is 383 g/mol. The Labute approximate surface area is 163 Å². The maximum atomic E-state index is 12.7. The summed E-state index contributed by atoms with van der Waals surface area (Å²) in [6.45, 7) is 3.19. The van der Waals surface area contributed by atoms with Crippen LogP contribution in [0.1, 0.15) is 46.7 Å². The number of carbonyl (C=O) groups excluding carboxylic acids is 1. The Morgan fingerprint density at radius 3 is 2.85 bits per heavy atom. The van der Waals surface area contributed by atoms with Crippen molar-refractivity contribution in [2.24, 2.45) is 5.92 Å². The number of nitrogens with zero attached hydrogens (tertiary/aromatic N) is 3. The number of amides is 1. The van der Waals surface area contributed by atoms with Gasteiger partial charge in [-0.15, -0.1) is 0 Å². The fraction of sp³-hybridized carbons (Fsp3) is 0.333. The predicted octanol–water partition coefficient (Wildman–Crippen LogP) is 4.57. The largest absolute Gasteiger partial charge is 0.464 e. The average Bonchev–Trinajstić information content (AvgIpc) is 3.04. The van der Waals surface area contributed by atoms with E-state index in [-0.39, 0.29) is 5.91 Å². The second-order valence-electron chi connectivity index (χ2n) is 7.30. The molecule has 0 spiro atoms. The molecule has 27 heavy (non-hydrogen) atoms. The van der Waals surface area contributed by atoms with Crippen molar-refractivity contribution in [1.29, 1.82) is 0 Å². The van der Waals surface area contributed by atoms with Crippen LogP contribution in [0.25, 0.3) is 0 Å². The summed E-state index contributed by atoms with van der Waals surface area (Å²) in [6.07, 6.45) is 4.53. The van der Waals surface area contributed by atoms with Crippen molar-refractivity contribution >= 4 is 17.5 Å². The minimum atomic E-state index is -0.0850. The molecule has 5 nitrogen and oxygen atoms in total. The Kier molecular flexibility index (Phi) is 4.79. The van der Waals surface area contributed by atoms with Crippen LogP contribution in [0.3, 0.4) is 0 Å². The van der Waals surface area contributed by atoms with Crippen LogP contribution in [0.2, 0.25) is 5.02 Å². The molecule has 4 rings (SSSR count). The van der Waals surface area contributed by atoms with Crippen LogP contribution in [-0.2, 0) is 13.1 Å². The molecular formula is C21H22ClN3O2. The van der Waals surface area contributed by atoms with E-state index < -0.39 is 0 Å². The van der Waals surface area contributed by atoms with E-state index in [0.717, 1.165) is 17.1 Å². The van der Waals surface area contributed by atoms with Crippen LogP contribution in [0.5, 0.6) is 0 Å². The van der Waals surface area contributed by atoms with Gasteiger partial charge in [0.15, 0.2) is 0 Å². The summed E-state index contributed by atoms with van der Waals surface area (Å²) in [5.41, 5.74) is 1.51. The number of benzene rings is 1. The summed E-state index contributed by atoms with van der Waals surface area (Å²) < 4.78 is 7.63. The highest BCUT2D eigenvalue weighted by atomic mass is 35.5. The molecule has 0 aliphatic heterocycles. The molecule has 3 aromatic rings. The molecule has 1 fully saturated rings. The van der Waals surface area contributed by atoms with E-state index in [9.17, 15) is 4.79 Å². The molecule has 0 unspecified atom stereocenters. The van der Waals surface area contributed by atoms with Gasteiger partial charge in [0.25, 0.3) is 5.91 Å². The van der Waals surface area contributed by atoms with Gasteiger partial charge in [0.05, 0.1) is 24.8 Å². The van der Waals surface area contributed by atoms with Gasteiger partial charge < -0.3 is 9.32 Å². The van der Waals surface area contributed by atoms with E-state index in [1.807, 2.05) is 36.4 Å². The average molecular weight is 384 g/mol. The molecule has 1 aliphatic rings. The lowest BCUT2D eigenvalue weighted by Crippen LogP contribution is -2.25. The van der Waals surface area contributed by atoms with Crippen LogP contribution in [0, 0.1) is 5.92 Å². The number of carbonyl (C=O) groups is 1. The van der Waals surface area contributed by atoms with Crippen molar-refractivity contribution in [1.82, 2.24) is 14.7 Å². The first-order valence-electron chi connectivity index (χ1n) is 9.11. The molecule has 0 radical (unpaired) electrons. The van der Waals surface area contributed by atoms with Crippen molar-refractivity contribution in [2.75, 3.05) is 7.05 Å². The van der Waals surface area contributed by atoms with Gasteiger partial charge in [-0.3, -0.25) is 9.48 Å². The van der Waals surface area contributed by atoms with Gasteiger partial charge in [-0.2, -0.15) is 5.10 Å². The highest BCUT2D eigenvalue weighted by molar-refractivity contribution is 6.31. The Bertz CT molecular complexity index is 962. The molecule has 0 N–H and O–H groups in total. The predicted molar refractivity (Wildman–Crippen MR) is 104 cm³/mol. The molecule has 1 saturated carbocycles. The second-order valence-corrected chi connectivity index (χ2v) is 7.71. The molecule has 1 aliphatic carbocycles. The molecule has 2 atom stereocenters. The fourth-order valence-electron chi connectivity index (χ4n) is 3.28. The zero-order chi connectivity index (χ0) is 19.0. The third-order valence-electron chi connectivity index (χ3n) is 5.07. The first-order valence-corrected chi connectivity index (χ1v) is 9.49. The maximum absolute atomic E-state index is 12.7. The van der Waals surface area contributed by atoms with Crippen molar-refractivity contribution in [3.8, 4) is 0 Å². The summed E-state index contributed by atoms with van der Waals surface area (Å²) in [5, 5.41) is 4.99. The minimum absolute atomic E-state index is 0.0850.